The first-order valence-electron chi connectivity index (χ1n) is 7.82. The third-order valence-electron chi connectivity index (χ3n) is 4.03. The maximum absolute atomic E-state index is 11.5. The maximum atomic E-state index is 11.5. The highest BCUT2D eigenvalue weighted by Gasteiger charge is 2.16. The number of urea groups is 1. The summed E-state index contributed by atoms with van der Waals surface area (Å²) >= 11 is 1.65. The molecule has 0 aromatic rings. The standard InChI is InChI=1S/C15H28N2O3S/c1-20-14(18)8-11-21-12-10-17(15(16)19)9-7-13-5-3-2-4-6-13/h13H,2-12H2,1H3,(H2,16,19). The van der Waals surface area contributed by atoms with Gasteiger partial charge in [0.05, 0.1) is 13.5 Å². The van der Waals surface area contributed by atoms with Crippen LogP contribution in [0.2, 0.25) is 0 Å². The van der Waals surface area contributed by atoms with Crippen LogP contribution in [-0.2, 0) is 9.53 Å². The van der Waals surface area contributed by atoms with E-state index in [9.17, 15) is 9.59 Å². The summed E-state index contributed by atoms with van der Waals surface area (Å²) in [5.41, 5.74) is 5.44. The quantitative estimate of drug-likeness (QED) is 0.524. The van der Waals surface area contributed by atoms with E-state index >= 15 is 0 Å². The zero-order valence-corrected chi connectivity index (χ0v) is 13.8. The monoisotopic (exact) mass is 316 g/mol. The van der Waals surface area contributed by atoms with Gasteiger partial charge in [-0.05, 0) is 12.3 Å². The molecular weight excluding hydrogens is 288 g/mol. The van der Waals surface area contributed by atoms with Crippen molar-refractivity contribution in [1.82, 2.24) is 4.90 Å². The summed E-state index contributed by atoms with van der Waals surface area (Å²) in [5, 5.41) is 0. The predicted octanol–water partition coefficient (Wildman–Crippen LogP) is 2.63. The van der Waals surface area contributed by atoms with Gasteiger partial charge in [-0.1, -0.05) is 32.1 Å². The normalized spacial score (nSPS) is 15.7. The van der Waals surface area contributed by atoms with E-state index < -0.39 is 0 Å². The second kappa shape index (κ2) is 10.8. The van der Waals surface area contributed by atoms with Crippen molar-refractivity contribution in [3.63, 3.8) is 0 Å². The number of methoxy groups -OCH3 is 1. The van der Waals surface area contributed by atoms with Crippen molar-refractivity contribution in [1.29, 1.82) is 0 Å². The average Bonchev–Trinajstić information content (AvgIpc) is 2.50. The van der Waals surface area contributed by atoms with Gasteiger partial charge in [0.25, 0.3) is 0 Å². The van der Waals surface area contributed by atoms with Gasteiger partial charge >= 0.3 is 12.0 Å². The number of nitrogens with two attached hydrogens (primary N) is 1. The van der Waals surface area contributed by atoms with Crippen LogP contribution in [0.5, 0.6) is 0 Å². The van der Waals surface area contributed by atoms with E-state index in [1.54, 1.807) is 16.7 Å². The number of hydrogen-bond acceptors (Lipinski definition) is 4. The average molecular weight is 316 g/mol. The molecule has 1 aliphatic carbocycles. The van der Waals surface area contributed by atoms with E-state index in [4.69, 9.17) is 5.73 Å². The molecule has 21 heavy (non-hydrogen) atoms. The van der Waals surface area contributed by atoms with E-state index in [0.29, 0.717) is 13.0 Å². The highest BCUT2D eigenvalue weighted by molar-refractivity contribution is 7.99. The molecule has 2 amide bonds. The van der Waals surface area contributed by atoms with Crippen LogP contribution in [0.4, 0.5) is 4.79 Å². The number of esters is 1. The van der Waals surface area contributed by atoms with Crippen LogP contribution in [0.3, 0.4) is 0 Å². The van der Waals surface area contributed by atoms with Crippen LogP contribution in [0.15, 0.2) is 0 Å². The van der Waals surface area contributed by atoms with Crippen LogP contribution in [-0.4, -0.2) is 48.6 Å². The smallest absolute Gasteiger partial charge is 0.314 e. The Balaban J connectivity index is 2.14. The van der Waals surface area contributed by atoms with Gasteiger partial charge in [-0.2, -0.15) is 11.8 Å². The molecule has 0 bridgehead atoms. The first kappa shape index (κ1) is 18.1. The number of carbonyl (C=O) groups is 2. The van der Waals surface area contributed by atoms with Gasteiger partial charge in [0.2, 0.25) is 0 Å². The first-order chi connectivity index (χ1) is 10.1. The highest BCUT2D eigenvalue weighted by Crippen LogP contribution is 2.26. The molecule has 0 aliphatic heterocycles. The molecule has 1 saturated carbocycles. The second-order valence-electron chi connectivity index (χ2n) is 5.56. The van der Waals surface area contributed by atoms with Gasteiger partial charge < -0.3 is 15.4 Å². The van der Waals surface area contributed by atoms with E-state index in [2.05, 4.69) is 4.74 Å². The summed E-state index contributed by atoms with van der Waals surface area (Å²) in [5.74, 6) is 2.10. The summed E-state index contributed by atoms with van der Waals surface area (Å²) < 4.78 is 4.59. The van der Waals surface area contributed by atoms with Crippen molar-refractivity contribution in [3.8, 4) is 0 Å². The molecule has 5 nitrogen and oxygen atoms in total. The Morgan fingerprint density at radius 1 is 1.19 bits per heavy atom. The van der Waals surface area contributed by atoms with Gasteiger partial charge in [-0.3, -0.25) is 4.79 Å². The lowest BCUT2D eigenvalue weighted by molar-refractivity contribution is -0.140. The SMILES string of the molecule is COC(=O)CCSCCN(CCC1CCCCC1)C(N)=O. The van der Waals surface area contributed by atoms with Crippen LogP contribution in [0, 0.1) is 5.92 Å². The summed E-state index contributed by atoms with van der Waals surface area (Å²) in [6.07, 6.45) is 8.07. The van der Waals surface area contributed by atoms with Crippen LogP contribution in [0.1, 0.15) is 44.9 Å². The van der Waals surface area contributed by atoms with E-state index in [0.717, 1.165) is 30.4 Å². The van der Waals surface area contributed by atoms with E-state index in [-0.39, 0.29) is 12.0 Å². The Morgan fingerprint density at radius 3 is 2.52 bits per heavy atom. The third-order valence-corrected chi connectivity index (χ3v) is 4.99. The van der Waals surface area contributed by atoms with Gasteiger partial charge in [-0.25, -0.2) is 4.79 Å². The summed E-state index contributed by atoms with van der Waals surface area (Å²) in [7, 11) is 1.40. The number of amides is 2. The van der Waals surface area contributed by atoms with Crippen LogP contribution < -0.4 is 5.73 Å². The molecule has 0 saturated heterocycles. The third kappa shape index (κ3) is 8.19. The number of thioether (sulfide) groups is 1. The molecule has 122 valence electrons. The number of carbonyl (C=O) groups excluding carboxylic acids is 2. The lowest BCUT2D eigenvalue weighted by Gasteiger charge is -2.26. The molecule has 0 unspecified atom stereocenters. The van der Waals surface area contributed by atoms with Crippen LogP contribution in [0.25, 0.3) is 0 Å². The zero-order valence-electron chi connectivity index (χ0n) is 13.0. The molecule has 2 N–H and O–H groups in total. The molecule has 0 radical (unpaired) electrons. The molecule has 0 heterocycles. The van der Waals surface area contributed by atoms with Crippen molar-refractivity contribution >= 4 is 23.8 Å². The van der Waals surface area contributed by atoms with Crippen molar-refractivity contribution in [2.24, 2.45) is 11.7 Å². The van der Waals surface area contributed by atoms with Crippen molar-refractivity contribution in [2.45, 2.75) is 44.9 Å². The van der Waals surface area contributed by atoms with Crippen LogP contribution >= 0.6 is 11.8 Å². The van der Waals surface area contributed by atoms with E-state index in [1.807, 2.05) is 0 Å². The molecule has 1 fully saturated rings. The Hall–Kier alpha value is -0.910. The topological polar surface area (TPSA) is 72.6 Å². The molecule has 6 heteroatoms. The minimum absolute atomic E-state index is 0.188. The van der Waals surface area contributed by atoms with Gasteiger partial charge in [0.1, 0.15) is 0 Å². The molecule has 1 aliphatic rings. The second-order valence-corrected chi connectivity index (χ2v) is 6.78. The molecule has 0 spiro atoms. The number of ether oxygens (including phenoxy) is 1. The summed E-state index contributed by atoms with van der Waals surface area (Å²) in [6, 6.07) is -0.334. The number of primary amides is 1. The molecule has 0 aromatic heterocycles. The largest absolute Gasteiger partial charge is 0.469 e. The Labute approximate surface area is 132 Å². The lowest BCUT2D eigenvalue weighted by Crippen LogP contribution is -2.38. The molecule has 0 aromatic carbocycles. The van der Waals surface area contributed by atoms with Crippen molar-refractivity contribution in [2.75, 3.05) is 31.7 Å². The maximum Gasteiger partial charge on any atom is 0.314 e. The summed E-state index contributed by atoms with van der Waals surface area (Å²) in [6.45, 7) is 1.42. The first-order valence-corrected chi connectivity index (χ1v) is 8.98. The fourth-order valence-electron chi connectivity index (χ4n) is 2.68. The summed E-state index contributed by atoms with van der Waals surface area (Å²) in [4.78, 5) is 24.2. The minimum atomic E-state index is -0.334. The van der Waals surface area contributed by atoms with Gasteiger partial charge in [0.15, 0.2) is 0 Å². The fraction of sp³-hybridized carbons (Fsp3) is 0.867. The highest BCUT2D eigenvalue weighted by atomic mass is 32.2. The molecule has 1 rings (SSSR count). The Bertz CT molecular complexity index is 320. The Kier molecular flexibility index (Phi) is 9.30. The van der Waals surface area contributed by atoms with Crippen molar-refractivity contribution in [3.05, 3.63) is 0 Å². The van der Waals surface area contributed by atoms with Gasteiger partial charge in [0, 0.05) is 24.6 Å². The number of rotatable bonds is 9. The predicted molar refractivity (Wildman–Crippen MR) is 86.3 cm³/mol. The van der Waals surface area contributed by atoms with Crippen molar-refractivity contribution < 1.29 is 14.3 Å². The lowest BCUT2D eigenvalue weighted by atomic mass is 9.87. The fourth-order valence-corrected chi connectivity index (χ4v) is 3.55. The molecular formula is C15H28N2O3S. The number of nitrogens with zero attached hydrogens (tertiary/aromatic N) is 1. The Morgan fingerprint density at radius 2 is 1.90 bits per heavy atom. The van der Waals surface area contributed by atoms with Gasteiger partial charge in [-0.15, -0.1) is 0 Å². The zero-order chi connectivity index (χ0) is 15.5. The van der Waals surface area contributed by atoms with E-state index in [1.165, 1.54) is 39.2 Å². The number of hydrogen-bond donors (Lipinski definition) is 1. The minimum Gasteiger partial charge on any atom is -0.469 e. The molecule has 0 atom stereocenters.